The Bertz CT molecular complexity index is 1060. The van der Waals surface area contributed by atoms with Crippen LogP contribution >= 0.6 is 0 Å². The Kier molecular flexibility index (Phi) is 7.19. The van der Waals surface area contributed by atoms with Gasteiger partial charge in [0.25, 0.3) is 5.91 Å². The molecule has 2 amide bonds. The quantitative estimate of drug-likeness (QED) is 0.568. The minimum atomic E-state index is -3.07. The predicted octanol–water partition coefficient (Wildman–Crippen LogP) is 2.21. The van der Waals surface area contributed by atoms with E-state index in [4.69, 9.17) is 4.42 Å². The normalized spacial score (nSPS) is 19.5. The number of benzene rings is 1. The van der Waals surface area contributed by atoms with Gasteiger partial charge < -0.3 is 14.6 Å². The number of carbonyl (C=O) groups is 2. The average molecular weight is 474 g/mol. The molecule has 4 rings (SSSR count). The van der Waals surface area contributed by atoms with Gasteiger partial charge in [-0.25, -0.2) is 8.42 Å². The first-order valence-electron chi connectivity index (χ1n) is 11.5. The van der Waals surface area contributed by atoms with Crippen LogP contribution in [-0.2, 0) is 27.7 Å². The van der Waals surface area contributed by atoms with Gasteiger partial charge in [-0.05, 0) is 56.0 Å². The zero-order chi connectivity index (χ0) is 23.4. The van der Waals surface area contributed by atoms with Crippen LogP contribution in [-0.4, -0.2) is 66.7 Å². The summed E-state index contributed by atoms with van der Waals surface area (Å²) in [5.41, 5.74) is 1.60. The monoisotopic (exact) mass is 473 g/mol. The molecule has 2 heterocycles. The van der Waals surface area contributed by atoms with Crippen molar-refractivity contribution in [3.8, 4) is 0 Å². The summed E-state index contributed by atoms with van der Waals surface area (Å²) >= 11 is 0. The van der Waals surface area contributed by atoms with Crippen molar-refractivity contribution in [2.75, 3.05) is 24.6 Å². The molecule has 0 radical (unpaired) electrons. The van der Waals surface area contributed by atoms with Gasteiger partial charge in [0.1, 0.15) is 5.76 Å². The third-order valence-electron chi connectivity index (χ3n) is 6.16. The molecule has 1 aromatic carbocycles. The number of furan rings is 1. The number of likely N-dealkylation sites (N-methyl/N-ethyl adjacent to an activating group) is 1. The maximum absolute atomic E-state index is 13.2. The summed E-state index contributed by atoms with van der Waals surface area (Å²) in [6.45, 7) is 3.44. The summed E-state index contributed by atoms with van der Waals surface area (Å²) in [5.74, 6) is 0.769. The zero-order valence-electron chi connectivity index (χ0n) is 18.9. The first-order valence-corrected chi connectivity index (χ1v) is 13.3. The molecular formula is C24H31N3O5S. The highest BCUT2D eigenvalue weighted by molar-refractivity contribution is 7.91. The van der Waals surface area contributed by atoms with Crippen molar-refractivity contribution in [2.45, 2.75) is 51.4 Å². The number of sulfone groups is 1. The highest BCUT2D eigenvalue weighted by Crippen LogP contribution is 2.20. The second kappa shape index (κ2) is 10.1. The van der Waals surface area contributed by atoms with Crippen LogP contribution in [0.4, 0.5) is 0 Å². The van der Waals surface area contributed by atoms with Crippen LogP contribution in [0.1, 0.15) is 47.9 Å². The van der Waals surface area contributed by atoms with E-state index in [1.165, 1.54) is 0 Å². The number of rotatable bonds is 10. The number of hydrogen-bond acceptors (Lipinski definition) is 6. The van der Waals surface area contributed by atoms with Gasteiger partial charge in [-0.3, -0.25) is 14.5 Å². The van der Waals surface area contributed by atoms with Crippen molar-refractivity contribution >= 4 is 21.7 Å². The van der Waals surface area contributed by atoms with Gasteiger partial charge in [-0.15, -0.1) is 0 Å². The number of hydrogen-bond donors (Lipinski definition) is 1. The predicted molar refractivity (Wildman–Crippen MR) is 124 cm³/mol. The Morgan fingerprint density at radius 2 is 1.85 bits per heavy atom. The van der Waals surface area contributed by atoms with Crippen molar-refractivity contribution in [3.05, 3.63) is 59.5 Å². The summed E-state index contributed by atoms with van der Waals surface area (Å²) in [4.78, 5) is 29.1. The molecule has 2 fully saturated rings. The summed E-state index contributed by atoms with van der Waals surface area (Å²) in [6.07, 6.45) is 4.18. The van der Waals surface area contributed by atoms with E-state index >= 15 is 0 Å². The molecule has 9 heteroatoms. The molecule has 0 spiro atoms. The molecule has 0 unspecified atom stereocenters. The van der Waals surface area contributed by atoms with E-state index in [9.17, 15) is 18.0 Å². The molecule has 1 N–H and O–H groups in total. The lowest BCUT2D eigenvalue weighted by Gasteiger charge is -2.30. The molecule has 1 atom stereocenters. The first kappa shape index (κ1) is 23.5. The molecule has 1 aliphatic carbocycles. The fourth-order valence-electron chi connectivity index (χ4n) is 4.25. The third-order valence-corrected chi connectivity index (χ3v) is 7.91. The second-order valence-electron chi connectivity index (χ2n) is 8.91. The lowest BCUT2D eigenvalue weighted by molar-refractivity contribution is -0.134. The van der Waals surface area contributed by atoms with Gasteiger partial charge in [0.2, 0.25) is 5.91 Å². The fourth-order valence-corrected chi connectivity index (χ4v) is 5.98. The maximum atomic E-state index is 13.2. The highest BCUT2D eigenvalue weighted by atomic mass is 32.2. The van der Waals surface area contributed by atoms with Crippen LogP contribution in [0.2, 0.25) is 0 Å². The highest BCUT2D eigenvalue weighted by Gasteiger charge is 2.34. The second-order valence-corrected chi connectivity index (χ2v) is 11.1. The molecule has 1 saturated carbocycles. The summed E-state index contributed by atoms with van der Waals surface area (Å²) in [7, 11) is -3.07. The summed E-state index contributed by atoms with van der Waals surface area (Å²) < 4.78 is 29.3. The van der Waals surface area contributed by atoms with Gasteiger partial charge in [-0.1, -0.05) is 12.1 Å². The van der Waals surface area contributed by atoms with Gasteiger partial charge in [-0.2, -0.15) is 0 Å². The van der Waals surface area contributed by atoms with Gasteiger partial charge in [0.05, 0.1) is 30.9 Å². The summed E-state index contributed by atoms with van der Waals surface area (Å²) in [6, 6.07) is 11.1. The SMILES string of the molecule is CCN(C(=O)CN(Cc1ccc(C(=O)NC2CC2)cc1)Cc1ccco1)[C@H]1CCS(=O)(=O)C1. The Labute approximate surface area is 194 Å². The van der Waals surface area contributed by atoms with Crippen molar-refractivity contribution in [1.29, 1.82) is 0 Å². The standard InChI is InChI=1S/C24H31N3O5S/c1-2-27(21-11-13-33(30,31)17-21)23(28)16-26(15-22-4-3-12-32-22)14-18-5-7-19(8-6-18)24(29)25-20-9-10-20/h3-8,12,20-21H,2,9-11,13-17H2,1H3,(H,25,29)/t21-/m0/s1. The van der Waals surface area contributed by atoms with Crippen LogP contribution < -0.4 is 5.32 Å². The van der Waals surface area contributed by atoms with E-state index in [2.05, 4.69) is 5.32 Å². The minimum Gasteiger partial charge on any atom is -0.468 e. The van der Waals surface area contributed by atoms with E-state index < -0.39 is 9.84 Å². The Balaban J connectivity index is 1.43. The number of nitrogens with zero attached hydrogens (tertiary/aromatic N) is 2. The van der Waals surface area contributed by atoms with Crippen LogP contribution in [0.25, 0.3) is 0 Å². The van der Waals surface area contributed by atoms with E-state index in [0.717, 1.165) is 24.2 Å². The largest absolute Gasteiger partial charge is 0.468 e. The van der Waals surface area contributed by atoms with Crippen molar-refractivity contribution < 1.29 is 22.4 Å². The molecule has 0 bridgehead atoms. The van der Waals surface area contributed by atoms with Crippen molar-refractivity contribution in [1.82, 2.24) is 15.1 Å². The van der Waals surface area contributed by atoms with Gasteiger partial charge in [0, 0.05) is 30.7 Å². The van der Waals surface area contributed by atoms with Gasteiger partial charge in [0.15, 0.2) is 9.84 Å². The smallest absolute Gasteiger partial charge is 0.251 e. The third kappa shape index (κ3) is 6.45. The van der Waals surface area contributed by atoms with Crippen LogP contribution in [0, 0.1) is 0 Å². The van der Waals surface area contributed by atoms with Crippen molar-refractivity contribution in [2.24, 2.45) is 0 Å². The molecule has 1 aromatic heterocycles. The molecule has 33 heavy (non-hydrogen) atoms. The van der Waals surface area contributed by atoms with E-state index in [1.807, 2.05) is 48.2 Å². The molecule has 8 nitrogen and oxygen atoms in total. The molecule has 178 valence electrons. The topological polar surface area (TPSA) is 99.9 Å². The van der Waals surface area contributed by atoms with E-state index in [1.54, 1.807) is 11.2 Å². The number of nitrogens with one attached hydrogen (secondary N) is 1. The van der Waals surface area contributed by atoms with Gasteiger partial charge >= 0.3 is 0 Å². The van der Waals surface area contributed by atoms with Crippen LogP contribution in [0.5, 0.6) is 0 Å². The lowest BCUT2D eigenvalue weighted by Crippen LogP contribution is -2.45. The Hall–Kier alpha value is -2.65. The minimum absolute atomic E-state index is 0.0369. The molecule has 1 aliphatic heterocycles. The number of amides is 2. The summed E-state index contributed by atoms with van der Waals surface area (Å²) in [5, 5.41) is 2.98. The maximum Gasteiger partial charge on any atom is 0.251 e. The fraction of sp³-hybridized carbons (Fsp3) is 0.500. The lowest BCUT2D eigenvalue weighted by atomic mass is 10.1. The zero-order valence-corrected chi connectivity index (χ0v) is 19.7. The number of carbonyl (C=O) groups excluding carboxylic acids is 2. The molecular weight excluding hydrogens is 442 g/mol. The van der Waals surface area contributed by atoms with Crippen molar-refractivity contribution in [3.63, 3.8) is 0 Å². The first-order chi connectivity index (χ1) is 15.8. The molecule has 2 aliphatic rings. The van der Waals surface area contributed by atoms with Crippen LogP contribution in [0.3, 0.4) is 0 Å². The van der Waals surface area contributed by atoms with E-state index in [0.29, 0.717) is 37.7 Å². The Morgan fingerprint density at radius 3 is 2.42 bits per heavy atom. The Morgan fingerprint density at radius 1 is 1.09 bits per heavy atom. The molecule has 1 saturated heterocycles. The average Bonchev–Trinajstić information content (AvgIpc) is 3.30. The van der Waals surface area contributed by atoms with E-state index in [-0.39, 0.29) is 35.9 Å². The van der Waals surface area contributed by atoms with Crippen LogP contribution in [0.15, 0.2) is 47.1 Å². The molecule has 2 aromatic rings.